The SMILES string of the molecule is Cc1ccc(N(C)CC2CCNCC2)o1. The number of nitrogens with one attached hydrogen (secondary N) is 1. The summed E-state index contributed by atoms with van der Waals surface area (Å²) in [5, 5.41) is 3.39. The predicted octanol–water partition coefficient (Wildman–Crippen LogP) is 2.02. The molecule has 0 bridgehead atoms. The fourth-order valence-corrected chi connectivity index (χ4v) is 2.17. The quantitative estimate of drug-likeness (QED) is 0.824. The van der Waals surface area contributed by atoms with Crippen LogP contribution < -0.4 is 10.2 Å². The Balaban J connectivity index is 1.88. The summed E-state index contributed by atoms with van der Waals surface area (Å²) < 4.78 is 5.60. The Bertz CT molecular complexity index is 302. The minimum Gasteiger partial charge on any atom is -0.446 e. The van der Waals surface area contributed by atoms with Crippen LogP contribution in [0.2, 0.25) is 0 Å². The van der Waals surface area contributed by atoms with Crippen molar-refractivity contribution in [3.8, 4) is 0 Å². The van der Waals surface area contributed by atoms with E-state index in [0.29, 0.717) is 0 Å². The number of furan rings is 1. The molecule has 1 saturated heterocycles. The standard InChI is InChI=1S/C12H20N2O/c1-10-3-4-12(15-10)14(2)9-11-5-7-13-8-6-11/h3-4,11,13H,5-9H2,1-2H3. The van der Waals surface area contributed by atoms with Gasteiger partial charge in [0, 0.05) is 19.7 Å². The average Bonchev–Trinajstić information content (AvgIpc) is 2.66. The molecule has 1 aromatic rings. The summed E-state index contributed by atoms with van der Waals surface area (Å²) in [5.74, 6) is 2.79. The summed E-state index contributed by atoms with van der Waals surface area (Å²) in [4.78, 5) is 2.23. The van der Waals surface area contributed by atoms with Crippen LogP contribution in [-0.4, -0.2) is 26.7 Å². The number of rotatable bonds is 3. The van der Waals surface area contributed by atoms with Gasteiger partial charge in [0.05, 0.1) is 0 Å². The molecule has 0 spiro atoms. The second-order valence-electron chi connectivity index (χ2n) is 4.46. The molecule has 3 heteroatoms. The van der Waals surface area contributed by atoms with Crippen molar-refractivity contribution in [2.75, 3.05) is 31.6 Å². The van der Waals surface area contributed by atoms with E-state index < -0.39 is 0 Å². The highest BCUT2D eigenvalue weighted by Crippen LogP contribution is 2.20. The van der Waals surface area contributed by atoms with Gasteiger partial charge in [-0.25, -0.2) is 0 Å². The lowest BCUT2D eigenvalue weighted by Crippen LogP contribution is -2.34. The van der Waals surface area contributed by atoms with Gasteiger partial charge in [0.15, 0.2) is 5.88 Å². The summed E-state index contributed by atoms with van der Waals surface area (Å²) >= 11 is 0. The molecule has 84 valence electrons. The second kappa shape index (κ2) is 4.71. The van der Waals surface area contributed by atoms with Crippen LogP contribution in [0.5, 0.6) is 0 Å². The molecule has 0 atom stereocenters. The Kier molecular flexibility index (Phi) is 3.31. The Morgan fingerprint density at radius 3 is 2.73 bits per heavy atom. The Labute approximate surface area is 91.4 Å². The summed E-state index contributed by atoms with van der Waals surface area (Å²) in [6.45, 7) is 5.42. The van der Waals surface area contributed by atoms with E-state index in [4.69, 9.17) is 4.42 Å². The molecule has 0 aromatic carbocycles. The number of aryl methyl sites for hydroxylation is 1. The monoisotopic (exact) mass is 208 g/mol. The van der Waals surface area contributed by atoms with Crippen molar-refractivity contribution in [2.45, 2.75) is 19.8 Å². The largest absolute Gasteiger partial charge is 0.446 e. The molecule has 0 aliphatic carbocycles. The van der Waals surface area contributed by atoms with Gasteiger partial charge in [-0.3, -0.25) is 0 Å². The first kappa shape index (κ1) is 10.6. The molecule has 0 saturated carbocycles. The zero-order valence-corrected chi connectivity index (χ0v) is 9.62. The zero-order chi connectivity index (χ0) is 10.7. The van der Waals surface area contributed by atoms with Crippen molar-refractivity contribution in [1.82, 2.24) is 5.32 Å². The van der Waals surface area contributed by atoms with E-state index in [2.05, 4.69) is 23.3 Å². The number of anilines is 1. The van der Waals surface area contributed by atoms with Crippen molar-refractivity contribution in [3.63, 3.8) is 0 Å². The highest BCUT2D eigenvalue weighted by molar-refractivity contribution is 5.35. The van der Waals surface area contributed by atoms with Crippen molar-refractivity contribution in [3.05, 3.63) is 17.9 Å². The molecule has 2 heterocycles. The highest BCUT2D eigenvalue weighted by atomic mass is 16.4. The molecule has 15 heavy (non-hydrogen) atoms. The van der Waals surface area contributed by atoms with Crippen LogP contribution in [0.1, 0.15) is 18.6 Å². The normalized spacial score (nSPS) is 18.0. The zero-order valence-electron chi connectivity index (χ0n) is 9.62. The van der Waals surface area contributed by atoms with Crippen LogP contribution in [0.25, 0.3) is 0 Å². The molecular formula is C12H20N2O. The molecule has 2 rings (SSSR count). The van der Waals surface area contributed by atoms with E-state index in [1.807, 2.05) is 13.0 Å². The van der Waals surface area contributed by atoms with Crippen LogP contribution in [0, 0.1) is 12.8 Å². The molecule has 0 unspecified atom stereocenters. The molecule has 1 aliphatic heterocycles. The lowest BCUT2D eigenvalue weighted by Gasteiger charge is -2.27. The number of hydrogen-bond donors (Lipinski definition) is 1. The van der Waals surface area contributed by atoms with Gasteiger partial charge in [-0.1, -0.05) is 0 Å². The Hall–Kier alpha value is -0.960. The Morgan fingerprint density at radius 2 is 2.13 bits per heavy atom. The van der Waals surface area contributed by atoms with Gasteiger partial charge in [-0.2, -0.15) is 0 Å². The van der Waals surface area contributed by atoms with E-state index >= 15 is 0 Å². The smallest absolute Gasteiger partial charge is 0.195 e. The third-order valence-corrected chi connectivity index (χ3v) is 3.09. The van der Waals surface area contributed by atoms with Gasteiger partial charge in [-0.15, -0.1) is 0 Å². The number of piperidine rings is 1. The molecule has 3 nitrogen and oxygen atoms in total. The van der Waals surface area contributed by atoms with Crippen molar-refractivity contribution >= 4 is 5.88 Å². The topological polar surface area (TPSA) is 28.4 Å². The van der Waals surface area contributed by atoms with E-state index in [1.54, 1.807) is 0 Å². The van der Waals surface area contributed by atoms with E-state index in [1.165, 1.54) is 12.8 Å². The van der Waals surface area contributed by atoms with Gasteiger partial charge < -0.3 is 14.6 Å². The molecule has 1 fully saturated rings. The third kappa shape index (κ3) is 2.75. The second-order valence-corrected chi connectivity index (χ2v) is 4.46. The fourth-order valence-electron chi connectivity index (χ4n) is 2.17. The lowest BCUT2D eigenvalue weighted by molar-refractivity contribution is 0.371. The first-order valence-corrected chi connectivity index (χ1v) is 5.74. The molecule has 1 N–H and O–H groups in total. The third-order valence-electron chi connectivity index (χ3n) is 3.09. The summed E-state index contributed by atoms with van der Waals surface area (Å²) in [7, 11) is 2.11. The maximum absolute atomic E-state index is 5.60. The molecule has 1 aliphatic rings. The van der Waals surface area contributed by atoms with Gasteiger partial charge in [0.1, 0.15) is 5.76 Å². The summed E-state index contributed by atoms with van der Waals surface area (Å²) in [6.07, 6.45) is 2.56. The highest BCUT2D eigenvalue weighted by Gasteiger charge is 2.16. The lowest BCUT2D eigenvalue weighted by atomic mass is 9.98. The summed E-state index contributed by atoms with van der Waals surface area (Å²) in [5.41, 5.74) is 0. The maximum Gasteiger partial charge on any atom is 0.195 e. The van der Waals surface area contributed by atoms with E-state index in [-0.39, 0.29) is 0 Å². The number of nitrogens with zero attached hydrogens (tertiary/aromatic N) is 1. The maximum atomic E-state index is 5.60. The minimum absolute atomic E-state index is 0.807. The average molecular weight is 208 g/mol. The minimum atomic E-state index is 0.807. The van der Waals surface area contributed by atoms with Crippen LogP contribution in [-0.2, 0) is 0 Å². The summed E-state index contributed by atoms with van der Waals surface area (Å²) in [6, 6.07) is 4.07. The Morgan fingerprint density at radius 1 is 1.40 bits per heavy atom. The van der Waals surface area contributed by atoms with Crippen LogP contribution in [0.4, 0.5) is 5.88 Å². The van der Waals surface area contributed by atoms with Crippen LogP contribution >= 0.6 is 0 Å². The van der Waals surface area contributed by atoms with Crippen LogP contribution in [0.3, 0.4) is 0 Å². The van der Waals surface area contributed by atoms with Gasteiger partial charge in [0.25, 0.3) is 0 Å². The van der Waals surface area contributed by atoms with Crippen molar-refractivity contribution < 1.29 is 4.42 Å². The van der Waals surface area contributed by atoms with Gasteiger partial charge in [-0.05, 0) is 44.8 Å². The predicted molar refractivity (Wildman–Crippen MR) is 62.3 cm³/mol. The van der Waals surface area contributed by atoms with Gasteiger partial charge >= 0.3 is 0 Å². The molecule has 0 radical (unpaired) electrons. The van der Waals surface area contributed by atoms with Crippen molar-refractivity contribution in [2.24, 2.45) is 5.92 Å². The van der Waals surface area contributed by atoms with E-state index in [9.17, 15) is 0 Å². The molecule has 1 aromatic heterocycles. The number of hydrogen-bond acceptors (Lipinski definition) is 3. The molecule has 0 amide bonds. The van der Waals surface area contributed by atoms with Crippen LogP contribution in [0.15, 0.2) is 16.5 Å². The first-order valence-electron chi connectivity index (χ1n) is 5.74. The molecular weight excluding hydrogens is 188 g/mol. The van der Waals surface area contributed by atoms with Crippen molar-refractivity contribution in [1.29, 1.82) is 0 Å². The van der Waals surface area contributed by atoms with Gasteiger partial charge in [0.2, 0.25) is 0 Å². The fraction of sp³-hybridized carbons (Fsp3) is 0.667. The first-order chi connectivity index (χ1) is 7.25. The van der Waals surface area contributed by atoms with E-state index in [0.717, 1.165) is 37.2 Å².